The van der Waals surface area contributed by atoms with Crippen molar-refractivity contribution in [3.63, 3.8) is 0 Å². The summed E-state index contributed by atoms with van der Waals surface area (Å²) in [4.78, 5) is 43.1. The molecule has 2 heterocycles. The van der Waals surface area contributed by atoms with Crippen molar-refractivity contribution in [1.29, 1.82) is 0 Å². The molecule has 1 spiro atoms. The van der Waals surface area contributed by atoms with Crippen molar-refractivity contribution in [2.45, 2.75) is 38.5 Å². The van der Waals surface area contributed by atoms with Crippen molar-refractivity contribution in [1.82, 2.24) is 0 Å². The molecule has 192 valence electrons. The number of carbonyl (C=O) groups is 3. The van der Waals surface area contributed by atoms with Gasteiger partial charge in [-0.3, -0.25) is 14.5 Å². The molecule has 3 aliphatic rings. The number of nitrogens with zero attached hydrogens (tertiary/aromatic N) is 1. The molecule has 0 saturated heterocycles. The predicted octanol–water partition coefficient (Wildman–Crippen LogP) is 4.87. The van der Waals surface area contributed by atoms with Crippen LogP contribution in [0.4, 0.5) is 11.4 Å². The zero-order valence-corrected chi connectivity index (χ0v) is 22.9. The Kier molecular flexibility index (Phi) is 6.32. The van der Waals surface area contributed by atoms with Gasteiger partial charge in [0, 0.05) is 44.5 Å². The van der Waals surface area contributed by atoms with E-state index < -0.39 is 17.3 Å². The summed E-state index contributed by atoms with van der Waals surface area (Å²) >= 11 is 9.85. The number of carbonyl (C=O) groups excluding carboxylic acids is 3. The Hall–Kier alpha value is -3.30. The zero-order valence-electron chi connectivity index (χ0n) is 20.5. The summed E-state index contributed by atoms with van der Waals surface area (Å²) in [7, 11) is 1.50. The van der Waals surface area contributed by atoms with Gasteiger partial charge in [-0.1, -0.05) is 27.5 Å². The second kappa shape index (κ2) is 9.22. The van der Waals surface area contributed by atoms with Gasteiger partial charge in [0.25, 0.3) is 0 Å². The van der Waals surface area contributed by atoms with Crippen molar-refractivity contribution >= 4 is 56.6 Å². The van der Waals surface area contributed by atoms with Gasteiger partial charge in [0.15, 0.2) is 5.78 Å². The fourth-order valence-electron chi connectivity index (χ4n) is 5.54. The van der Waals surface area contributed by atoms with Crippen LogP contribution in [-0.2, 0) is 24.5 Å². The van der Waals surface area contributed by atoms with E-state index in [0.29, 0.717) is 50.7 Å². The summed E-state index contributed by atoms with van der Waals surface area (Å²) in [6.45, 7) is 3.56. The first-order valence-corrected chi connectivity index (χ1v) is 13.0. The minimum Gasteiger partial charge on any atom is -0.495 e. The van der Waals surface area contributed by atoms with Gasteiger partial charge in [0.05, 0.1) is 19.4 Å². The SMILES string of the molecule is CCOC(=O)C1=C(N)N(c2cc(C)c(Cl)cc2OC)C2=C(C(=O)CCC2)C12C(=O)Nc1ccc(Br)cc12. The van der Waals surface area contributed by atoms with E-state index in [-0.39, 0.29) is 35.8 Å². The molecule has 37 heavy (non-hydrogen) atoms. The maximum atomic E-state index is 14.0. The molecule has 1 atom stereocenters. The number of ketones is 1. The van der Waals surface area contributed by atoms with E-state index in [1.54, 1.807) is 42.2 Å². The van der Waals surface area contributed by atoms with Crippen LogP contribution in [0.1, 0.15) is 37.3 Å². The summed E-state index contributed by atoms with van der Waals surface area (Å²) in [6.07, 6.45) is 1.26. The molecule has 10 heteroatoms. The van der Waals surface area contributed by atoms with Crippen molar-refractivity contribution in [3.8, 4) is 5.75 Å². The zero-order chi connectivity index (χ0) is 26.6. The van der Waals surface area contributed by atoms with Crippen molar-refractivity contribution in [2.75, 3.05) is 23.9 Å². The van der Waals surface area contributed by atoms with E-state index in [1.807, 2.05) is 6.92 Å². The van der Waals surface area contributed by atoms with E-state index in [4.69, 9.17) is 26.8 Å². The molecule has 3 N–H and O–H groups in total. The van der Waals surface area contributed by atoms with Gasteiger partial charge in [-0.05, 0) is 56.5 Å². The molecule has 0 radical (unpaired) electrons. The summed E-state index contributed by atoms with van der Waals surface area (Å²) in [5.74, 6) is -1.12. The third-order valence-corrected chi connectivity index (χ3v) is 7.96. The molecule has 5 rings (SSSR count). The van der Waals surface area contributed by atoms with Crippen molar-refractivity contribution in [2.24, 2.45) is 5.73 Å². The van der Waals surface area contributed by atoms with E-state index >= 15 is 0 Å². The number of ether oxygens (including phenoxy) is 2. The van der Waals surface area contributed by atoms with Gasteiger partial charge < -0.3 is 20.5 Å². The van der Waals surface area contributed by atoms with Gasteiger partial charge in [0.1, 0.15) is 22.6 Å². The number of aryl methyl sites for hydroxylation is 1. The highest BCUT2D eigenvalue weighted by Gasteiger charge is 2.62. The number of methoxy groups -OCH3 is 1. The normalized spacial score (nSPS) is 20.7. The Bertz CT molecular complexity index is 1450. The van der Waals surface area contributed by atoms with Gasteiger partial charge in [0.2, 0.25) is 5.91 Å². The van der Waals surface area contributed by atoms with Crippen molar-refractivity contribution < 1.29 is 23.9 Å². The molecule has 0 saturated carbocycles. The number of halogens is 2. The van der Waals surface area contributed by atoms with Gasteiger partial charge >= 0.3 is 5.97 Å². The predicted molar refractivity (Wildman–Crippen MR) is 143 cm³/mol. The monoisotopic (exact) mass is 585 g/mol. The third-order valence-electron chi connectivity index (χ3n) is 7.06. The summed E-state index contributed by atoms with van der Waals surface area (Å²) < 4.78 is 11.8. The van der Waals surface area contributed by atoms with Crippen molar-refractivity contribution in [3.05, 3.63) is 73.6 Å². The molecule has 0 aromatic heterocycles. The standard InChI is InChI=1S/C27H25BrClN3O5/c1-4-37-25(34)23-24(30)32(19-10-13(2)16(29)12-21(19)36-3)18-6-5-7-20(33)22(18)27(23)15-11-14(28)8-9-17(15)31-26(27)35/h8-12H,4-7,30H2,1-3H3,(H,31,35). The maximum absolute atomic E-state index is 14.0. The average Bonchev–Trinajstić information content (AvgIpc) is 3.12. The number of hydrogen-bond donors (Lipinski definition) is 2. The molecular formula is C27H25BrClN3O5. The summed E-state index contributed by atoms with van der Waals surface area (Å²) in [5.41, 5.74) is 7.98. The lowest BCUT2D eigenvalue weighted by Gasteiger charge is -2.44. The number of anilines is 2. The van der Waals surface area contributed by atoms with Gasteiger partial charge in [-0.25, -0.2) is 4.79 Å². The Labute approximate surface area is 227 Å². The molecule has 2 aromatic carbocycles. The molecule has 8 nitrogen and oxygen atoms in total. The molecule has 1 unspecified atom stereocenters. The fourth-order valence-corrected chi connectivity index (χ4v) is 6.06. The number of esters is 1. The molecule has 0 bridgehead atoms. The molecule has 2 aromatic rings. The summed E-state index contributed by atoms with van der Waals surface area (Å²) in [5, 5.41) is 3.37. The number of hydrogen-bond acceptors (Lipinski definition) is 7. The van der Waals surface area contributed by atoms with E-state index in [2.05, 4.69) is 21.2 Å². The molecule has 2 aliphatic heterocycles. The maximum Gasteiger partial charge on any atom is 0.339 e. The lowest BCUT2D eigenvalue weighted by Crippen LogP contribution is -2.53. The number of fused-ring (bicyclic) bond motifs is 3. The summed E-state index contributed by atoms with van der Waals surface area (Å²) in [6, 6.07) is 8.71. The van der Waals surface area contributed by atoms with Crippen LogP contribution >= 0.6 is 27.5 Å². The first-order chi connectivity index (χ1) is 17.7. The molecular weight excluding hydrogens is 562 g/mol. The smallest absolute Gasteiger partial charge is 0.339 e. The minimum absolute atomic E-state index is 0.00472. The Morgan fingerprint density at radius 2 is 2.00 bits per heavy atom. The number of amides is 1. The molecule has 0 fully saturated rings. The topological polar surface area (TPSA) is 111 Å². The van der Waals surface area contributed by atoms with Gasteiger partial charge in [-0.15, -0.1) is 0 Å². The number of benzene rings is 2. The lowest BCUT2D eigenvalue weighted by atomic mass is 9.63. The van der Waals surface area contributed by atoms with Crippen LogP contribution in [0.5, 0.6) is 5.75 Å². The van der Waals surface area contributed by atoms with Crippen LogP contribution in [-0.4, -0.2) is 31.4 Å². The van der Waals surface area contributed by atoms with Crippen LogP contribution in [0.25, 0.3) is 0 Å². The first-order valence-electron chi connectivity index (χ1n) is 11.9. The largest absolute Gasteiger partial charge is 0.495 e. The van der Waals surface area contributed by atoms with Crippen LogP contribution in [0.3, 0.4) is 0 Å². The number of allylic oxidation sites excluding steroid dienone is 1. The lowest BCUT2D eigenvalue weighted by molar-refractivity contribution is -0.140. The minimum atomic E-state index is -1.76. The number of Topliss-reactive ketones (excluding diaryl/α,β-unsaturated/α-hetero) is 1. The molecule has 1 amide bonds. The number of nitrogens with one attached hydrogen (secondary N) is 1. The highest BCUT2D eigenvalue weighted by atomic mass is 79.9. The first kappa shape index (κ1) is 25.4. The Morgan fingerprint density at radius 1 is 1.24 bits per heavy atom. The highest BCUT2D eigenvalue weighted by molar-refractivity contribution is 9.10. The second-order valence-corrected chi connectivity index (χ2v) is 10.4. The molecule has 1 aliphatic carbocycles. The number of rotatable bonds is 4. The van der Waals surface area contributed by atoms with E-state index in [0.717, 1.165) is 5.56 Å². The van der Waals surface area contributed by atoms with Crippen LogP contribution in [0, 0.1) is 6.92 Å². The van der Waals surface area contributed by atoms with E-state index in [1.165, 1.54) is 7.11 Å². The second-order valence-electron chi connectivity index (χ2n) is 9.08. The van der Waals surface area contributed by atoms with Gasteiger partial charge in [-0.2, -0.15) is 0 Å². The number of nitrogens with two attached hydrogens (primary N) is 1. The Morgan fingerprint density at radius 3 is 2.70 bits per heavy atom. The van der Waals surface area contributed by atoms with Crippen LogP contribution < -0.4 is 20.7 Å². The van der Waals surface area contributed by atoms with Crippen LogP contribution in [0.2, 0.25) is 5.02 Å². The fraction of sp³-hybridized carbons (Fsp3) is 0.296. The average molecular weight is 587 g/mol. The Balaban J connectivity index is 1.93. The third kappa shape index (κ3) is 3.59. The van der Waals surface area contributed by atoms with E-state index in [9.17, 15) is 14.4 Å². The van der Waals surface area contributed by atoms with Crippen LogP contribution in [0.15, 0.2) is 57.5 Å². The highest BCUT2D eigenvalue weighted by Crippen LogP contribution is 2.56. The quantitative estimate of drug-likeness (QED) is 0.492.